The molecular formula is C30H32ClFN6O3. The third-order valence-electron chi connectivity index (χ3n) is 7.58. The van der Waals surface area contributed by atoms with Crippen LogP contribution in [0.15, 0.2) is 47.6 Å². The van der Waals surface area contributed by atoms with Crippen molar-refractivity contribution in [3.63, 3.8) is 0 Å². The van der Waals surface area contributed by atoms with Gasteiger partial charge in [0.2, 0.25) is 0 Å². The molecule has 2 amide bonds. The molecule has 2 aliphatic heterocycles. The standard InChI is InChI=1S/C30H32ClFN6O3/c1-16(2)25-27(17(3)10-11-33-25)38-15-24(39)34-28(36-13-19(5)37(30(40)41)14-18(36)4)21-12-22(31)26(35-29(21)38)20-8-6-7-9-23(20)32/h6-12,16,18-19H,13-15H2,1-5H3,(H,40,41)/t18-,19+/m0/s1. The predicted octanol–water partition coefficient (Wildman–Crippen LogP) is 5.87. The van der Waals surface area contributed by atoms with Crippen molar-refractivity contribution >= 4 is 40.9 Å². The molecule has 0 aliphatic carbocycles. The summed E-state index contributed by atoms with van der Waals surface area (Å²) in [5, 5.41) is 9.88. The highest BCUT2D eigenvalue weighted by molar-refractivity contribution is 6.33. The van der Waals surface area contributed by atoms with Crippen LogP contribution in [0.25, 0.3) is 11.3 Å². The molecule has 0 saturated carbocycles. The Morgan fingerprint density at radius 2 is 1.85 bits per heavy atom. The fraction of sp³-hybridized carbons (Fsp3) is 0.367. The van der Waals surface area contributed by atoms with Gasteiger partial charge in [-0.2, -0.15) is 4.99 Å². The number of aromatic nitrogens is 2. The van der Waals surface area contributed by atoms with Gasteiger partial charge in [-0.15, -0.1) is 0 Å². The zero-order valence-electron chi connectivity index (χ0n) is 23.6. The van der Waals surface area contributed by atoms with E-state index in [0.717, 1.165) is 16.9 Å². The molecule has 214 valence electrons. The fourth-order valence-corrected chi connectivity index (χ4v) is 5.81. The number of carbonyl (C=O) groups is 2. The summed E-state index contributed by atoms with van der Waals surface area (Å²) in [4.78, 5) is 44.6. The molecule has 2 aromatic heterocycles. The first-order chi connectivity index (χ1) is 19.5. The number of hydrogen-bond acceptors (Lipinski definition) is 6. The maximum Gasteiger partial charge on any atom is 0.407 e. The Bertz CT molecular complexity index is 1560. The van der Waals surface area contributed by atoms with Gasteiger partial charge in [0.05, 0.1) is 27.7 Å². The van der Waals surface area contributed by atoms with Crippen LogP contribution >= 0.6 is 11.6 Å². The molecule has 0 spiro atoms. The number of pyridine rings is 2. The van der Waals surface area contributed by atoms with Crippen molar-refractivity contribution in [2.75, 3.05) is 24.5 Å². The van der Waals surface area contributed by atoms with E-state index in [0.29, 0.717) is 23.8 Å². The van der Waals surface area contributed by atoms with E-state index in [9.17, 15) is 19.1 Å². The fourth-order valence-electron chi connectivity index (χ4n) is 5.55. The molecule has 2 aliphatic rings. The Morgan fingerprint density at radius 3 is 2.54 bits per heavy atom. The number of aryl methyl sites for hydroxylation is 1. The normalized spacial score (nSPS) is 19.3. The lowest BCUT2D eigenvalue weighted by molar-refractivity contribution is -0.116. The number of carboxylic acid groups (broad SMARTS) is 1. The molecule has 0 bridgehead atoms. The molecule has 1 saturated heterocycles. The van der Waals surface area contributed by atoms with Crippen molar-refractivity contribution in [1.82, 2.24) is 19.8 Å². The van der Waals surface area contributed by atoms with Gasteiger partial charge in [0.25, 0.3) is 5.91 Å². The Kier molecular flexibility index (Phi) is 7.70. The van der Waals surface area contributed by atoms with Gasteiger partial charge in [-0.05, 0) is 56.5 Å². The van der Waals surface area contributed by atoms with E-state index in [1.54, 1.807) is 35.4 Å². The predicted molar refractivity (Wildman–Crippen MR) is 157 cm³/mol. The highest BCUT2D eigenvalue weighted by Gasteiger charge is 2.38. The van der Waals surface area contributed by atoms with Gasteiger partial charge in [-0.3, -0.25) is 9.78 Å². The number of fused-ring (bicyclic) bond motifs is 1. The van der Waals surface area contributed by atoms with Crippen LogP contribution in [-0.2, 0) is 4.79 Å². The number of aliphatic imine (C=N–C) groups is 1. The molecule has 1 aromatic carbocycles. The number of amides is 2. The SMILES string of the molecule is Cc1ccnc(C(C)C)c1N1CC(=O)N=C(N2C[C@@H](C)N(C(=O)O)C[C@@H]2C)c2cc(Cl)c(-c3ccccc3F)nc21. The Labute approximate surface area is 243 Å². The highest BCUT2D eigenvalue weighted by Crippen LogP contribution is 2.40. The molecule has 3 aromatic rings. The van der Waals surface area contributed by atoms with Gasteiger partial charge in [-0.1, -0.05) is 37.6 Å². The van der Waals surface area contributed by atoms with E-state index in [2.05, 4.69) is 9.98 Å². The summed E-state index contributed by atoms with van der Waals surface area (Å²) in [7, 11) is 0. The molecule has 0 unspecified atom stereocenters. The lowest BCUT2D eigenvalue weighted by Gasteiger charge is -2.44. The second kappa shape index (κ2) is 11.1. The Hall–Kier alpha value is -4.05. The quantitative estimate of drug-likeness (QED) is 0.415. The number of hydrogen-bond donors (Lipinski definition) is 1. The zero-order valence-corrected chi connectivity index (χ0v) is 24.4. The van der Waals surface area contributed by atoms with Crippen LogP contribution < -0.4 is 4.90 Å². The number of benzene rings is 1. The average Bonchev–Trinajstić information content (AvgIpc) is 3.05. The first-order valence-electron chi connectivity index (χ1n) is 13.5. The summed E-state index contributed by atoms with van der Waals surface area (Å²) in [6.45, 7) is 10.1. The van der Waals surface area contributed by atoms with Crippen LogP contribution in [0.1, 0.15) is 50.4 Å². The Balaban J connectivity index is 1.75. The first kappa shape index (κ1) is 28.5. The molecular weight excluding hydrogens is 547 g/mol. The van der Waals surface area contributed by atoms with Crippen molar-refractivity contribution in [1.29, 1.82) is 0 Å². The minimum atomic E-state index is -0.998. The van der Waals surface area contributed by atoms with Crippen LogP contribution in [0.4, 0.5) is 20.7 Å². The van der Waals surface area contributed by atoms with Gasteiger partial charge in [0, 0.05) is 36.9 Å². The number of halogens is 2. The van der Waals surface area contributed by atoms with Crippen molar-refractivity contribution in [2.24, 2.45) is 4.99 Å². The smallest absolute Gasteiger partial charge is 0.407 e. The summed E-state index contributed by atoms with van der Waals surface area (Å²) < 4.78 is 15.0. The minimum Gasteiger partial charge on any atom is -0.465 e. The Morgan fingerprint density at radius 1 is 1.12 bits per heavy atom. The monoisotopic (exact) mass is 578 g/mol. The second-order valence-corrected chi connectivity index (χ2v) is 11.3. The first-order valence-corrected chi connectivity index (χ1v) is 13.9. The molecule has 4 heterocycles. The number of piperazine rings is 1. The van der Waals surface area contributed by atoms with Crippen LogP contribution in [0.2, 0.25) is 5.02 Å². The van der Waals surface area contributed by atoms with E-state index in [-0.39, 0.29) is 47.4 Å². The summed E-state index contributed by atoms with van der Waals surface area (Å²) in [6, 6.07) is 9.19. The third-order valence-corrected chi connectivity index (χ3v) is 7.87. The summed E-state index contributed by atoms with van der Waals surface area (Å²) in [5.41, 5.74) is 3.40. The largest absolute Gasteiger partial charge is 0.465 e. The molecule has 1 fully saturated rings. The molecule has 41 heavy (non-hydrogen) atoms. The number of anilines is 2. The molecule has 5 rings (SSSR count). The van der Waals surface area contributed by atoms with E-state index < -0.39 is 17.8 Å². The topological polar surface area (TPSA) is 102 Å². The minimum absolute atomic E-state index is 0.0374. The molecule has 9 nitrogen and oxygen atoms in total. The highest BCUT2D eigenvalue weighted by atomic mass is 35.5. The maximum atomic E-state index is 15.0. The summed E-state index contributed by atoms with van der Waals surface area (Å²) >= 11 is 6.79. The maximum absolute atomic E-state index is 15.0. The van der Waals surface area contributed by atoms with E-state index in [4.69, 9.17) is 16.6 Å². The molecule has 11 heteroatoms. The van der Waals surface area contributed by atoms with Crippen LogP contribution in [0.3, 0.4) is 0 Å². The van der Waals surface area contributed by atoms with Crippen LogP contribution in [0, 0.1) is 12.7 Å². The summed E-state index contributed by atoms with van der Waals surface area (Å²) in [6.07, 6.45) is 0.740. The van der Waals surface area contributed by atoms with E-state index in [1.165, 1.54) is 11.0 Å². The van der Waals surface area contributed by atoms with E-state index >= 15 is 0 Å². The van der Waals surface area contributed by atoms with Crippen LogP contribution in [0.5, 0.6) is 0 Å². The van der Waals surface area contributed by atoms with Gasteiger partial charge in [-0.25, -0.2) is 14.2 Å². The second-order valence-electron chi connectivity index (χ2n) is 10.9. The van der Waals surface area contributed by atoms with Crippen molar-refractivity contribution in [3.8, 4) is 11.3 Å². The van der Waals surface area contributed by atoms with Gasteiger partial charge in [0.1, 0.15) is 24.0 Å². The van der Waals surface area contributed by atoms with Gasteiger partial charge >= 0.3 is 6.09 Å². The summed E-state index contributed by atoms with van der Waals surface area (Å²) in [5.74, 6) is -0.0788. The van der Waals surface area contributed by atoms with Crippen molar-refractivity contribution < 1.29 is 19.1 Å². The third kappa shape index (κ3) is 5.24. The van der Waals surface area contributed by atoms with Gasteiger partial charge in [0.15, 0.2) is 0 Å². The van der Waals surface area contributed by atoms with Crippen molar-refractivity contribution in [3.05, 3.63) is 70.3 Å². The molecule has 1 N–H and O–H groups in total. The lowest BCUT2D eigenvalue weighted by atomic mass is 10.0. The molecule has 0 radical (unpaired) electrons. The molecule has 2 atom stereocenters. The lowest BCUT2D eigenvalue weighted by Crippen LogP contribution is -2.59. The van der Waals surface area contributed by atoms with E-state index in [1.807, 2.05) is 45.6 Å². The number of amidine groups is 1. The van der Waals surface area contributed by atoms with Crippen molar-refractivity contribution in [2.45, 2.75) is 52.6 Å². The average molecular weight is 579 g/mol. The van der Waals surface area contributed by atoms with Gasteiger partial charge < -0.3 is 19.8 Å². The zero-order chi connectivity index (χ0) is 29.6. The number of rotatable bonds is 3. The number of carbonyl (C=O) groups excluding carboxylic acids is 1. The van der Waals surface area contributed by atoms with Crippen LogP contribution in [-0.4, -0.2) is 74.4 Å². The number of nitrogens with zero attached hydrogens (tertiary/aromatic N) is 6.